The van der Waals surface area contributed by atoms with E-state index in [1.54, 1.807) is 0 Å². The van der Waals surface area contributed by atoms with E-state index in [1.165, 1.54) is 77.8 Å². The summed E-state index contributed by atoms with van der Waals surface area (Å²) in [5.74, 6) is 2.45. The maximum Gasteiger partial charge on any atom is 0.239 e. The number of imidazole rings is 4. The van der Waals surface area contributed by atoms with Crippen LogP contribution in [-0.2, 0) is 0 Å². The summed E-state index contributed by atoms with van der Waals surface area (Å²) < 4.78 is 9.36. The van der Waals surface area contributed by atoms with Gasteiger partial charge in [-0.15, -0.1) is 0 Å². The van der Waals surface area contributed by atoms with Crippen LogP contribution in [0.5, 0.6) is 0 Å². The number of fused-ring (bicyclic) bond motifs is 10. The molecule has 574 valence electrons. The average molecular weight is 1620 g/mol. The Morgan fingerprint density at radius 2 is 0.545 bits per heavy atom. The molecule has 121 heavy (non-hydrogen) atoms. The van der Waals surface area contributed by atoms with Crippen molar-refractivity contribution in [3.05, 3.63) is 479 Å². The van der Waals surface area contributed by atoms with Crippen molar-refractivity contribution in [2.75, 3.05) is 0 Å². The van der Waals surface area contributed by atoms with Crippen molar-refractivity contribution < 1.29 is 0 Å². The number of hydrogen-bond donors (Lipinski definition) is 0. The van der Waals surface area contributed by atoms with Crippen LogP contribution in [0.2, 0.25) is 0 Å². The number of benzene rings is 16. The summed E-state index contributed by atoms with van der Waals surface area (Å²) in [6, 6.07) is 164. The van der Waals surface area contributed by atoms with Crippen LogP contribution < -0.4 is 77.8 Å². The third-order valence-electron chi connectivity index (χ3n) is 24.9. The normalized spacial score (nSPS) is 12.3. The van der Waals surface area contributed by atoms with Gasteiger partial charge in [0.1, 0.15) is 5.82 Å². The first-order valence-corrected chi connectivity index (χ1v) is 49.4. The molecule has 0 fully saturated rings. The predicted molar refractivity (Wildman–Crippen MR) is 515 cm³/mol. The highest BCUT2D eigenvalue weighted by Gasteiger charge is 2.47. The minimum atomic E-state index is -3.26. The first-order chi connectivity index (χ1) is 59.9. The SMILES string of the molecule is C=C(/C=C\C=C/C)[Si](c1ccccc1)(c1ccccc1)c1ccc2c(c1)n1c3cc([Si](c4ccccc4)(c4ccccc4)c4ccccc4)ccc3nc1n2-c1cc(-c2ccccc2)nc(-n2c3ccc([Si](c4ccccc4)(c4ccccc4)c4ccccc4)cc3n3c4cc([Si](c5ccccc5)(c5ccccc5)c5ccccc5)ccc4nc23)n1. The zero-order chi connectivity index (χ0) is 80.9. The average Bonchev–Trinajstić information content (AvgIpc) is 1.61. The van der Waals surface area contributed by atoms with Crippen LogP contribution in [0.25, 0.3) is 78.7 Å². The number of aromatic nitrogens is 8. The summed E-state index contributed by atoms with van der Waals surface area (Å²) in [6.07, 6.45) is 8.55. The zero-order valence-electron chi connectivity index (χ0n) is 66.7. The number of rotatable bonds is 21. The fourth-order valence-electron chi connectivity index (χ4n) is 19.7. The second kappa shape index (κ2) is 30.9. The van der Waals surface area contributed by atoms with Gasteiger partial charge in [-0.2, -0.15) is 4.98 Å². The van der Waals surface area contributed by atoms with Crippen molar-refractivity contribution in [3.63, 3.8) is 0 Å². The van der Waals surface area contributed by atoms with Gasteiger partial charge in [-0.3, -0.25) is 13.4 Å². The second-order valence-electron chi connectivity index (χ2n) is 31.2. The van der Waals surface area contributed by atoms with Gasteiger partial charge < -0.3 is 0 Å². The van der Waals surface area contributed by atoms with Crippen molar-refractivity contribution in [1.29, 1.82) is 0 Å². The van der Waals surface area contributed by atoms with E-state index in [9.17, 15) is 0 Å². The molecule has 0 spiro atoms. The van der Waals surface area contributed by atoms with Crippen LogP contribution in [0.4, 0.5) is 0 Å². The maximum absolute atomic E-state index is 6.10. The molecule has 0 saturated carbocycles. The lowest BCUT2D eigenvalue weighted by atomic mass is 10.1. The van der Waals surface area contributed by atoms with Crippen LogP contribution >= 0.6 is 0 Å². The van der Waals surface area contributed by atoms with E-state index in [4.69, 9.17) is 26.5 Å². The number of hydrogen-bond acceptors (Lipinski definition) is 4. The molecule has 0 bridgehead atoms. The fourth-order valence-corrected chi connectivity index (χ4v) is 38.5. The minimum Gasteiger partial charge on any atom is -0.276 e. The molecule has 16 aromatic carbocycles. The summed E-state index contributed by atoms with van der Waals surface area (Å²) in [6.45, 7) is 7.19. The van der Waals surface area contributed by atoms with E-state index in [-0.39, 0.29) is 0 Å². The van der Waals surface area contributed by atoms with Crippen molar-refractivity contribution in [1.82, 2.24) is 37.9 Å². The van der Waals surface area contributed by atoms with Crippen molar-refractivity contribution >= 4 is 166 Å². The van der Waals surface area contributed by atoms with Gasteiger partial charge in [0, 0.05) is 11.6 Å². The Balaban J connectivity index is 0.888. The van der Waals surface area contributed by atoms with E-state index in [2.05, 4.69) is 492 Å². The Morgan fingerprint density at radius 3 is 0.893 bits per heavy atom. The summed E-state index contributed by atoms with van der Waals surface area (Å²) in [5.41, 5.74) is 9.04. The van der Waals surface area contributed by atoms with Gasteiger partial charge in [0.05, 0.1) is 49.8 Å². The maximum atomic E-state index is 6.10. The topological polar surface area (TPSA) is 70.2 Å². The smallest absolute Gasteiger partial charge is 0.239 e. The molecule has 0 aliphatic rings. The molecular formula is C109H82N8Si4. The van der Waals surface area contributed by atoms with Crippen LogP contribution in [0, 0.1) is 0 Å². The van der Waals surface area contributed by atoms with Gasteiger partial charge in [-0.05, 0) is 133 Å². The molecule has 0 radical (unpaired) electrons. The molecule has 0 amide bonds. The fraction of sp³-hybridized carbons (Fsp3) is 0.00917. The molecule has 21 aromatic rings. The molecule has 8 nitrogen and oxygen atoms in total. The van der Waals surface area contributed by atoms with Crippen LogP contribution in [0.1, 0.15) is 6.92 Å². The standard InChI is InChI=1S/C109H82N8Si4/c1-3-4-17-42-80(2)118(82-45-20-6-21-46-82,83-47-22-7-23-48-83)93-69-73-100-104(77-93)114-102-75-94(119(84-49-24-8-25-50-84,85-51-26-9-27-52-85)86-53-28-10-29-54-86)67-71-97(102)111-108(114)116(100)106-79-99(81-43-18-5-19-44-81)110-107(113-106)117-101-74-70-96(121(90-61-36-14-37-62-90,91-63-38-15-39-64-91)92-65-40-16-41-66-92)78-105(101)115-103-76-95(68-72-98(103)112-109(115)117)120(87-55-30-11-31-56-87,88-57-32-12-33-58-88)89-59-34-13-35-60-89/h3-79H,2H2,1H3/b4-3-,42-17-. The van der Waals surface area contributed by atoms with E-state index < -0.39 is 32.3 Å². The highest BCUT2D eigenvalue weighted by Crippen LogP contribution is 2.35. The molecule has 0 aliphatic carbocycles. The summed E-state index contributed by atoms with van der Waals surface area (Å²) >= 11 is 0. The van der Waals surface area contributed by atoms with Crippen LogP contribution in [-0.4, -0.2) is 70.2 Å². The van der Waals surface area contributed by atoms with Crippen molar-refractivity contribution in [2.45, 2.75) is 6.92 Å². The largest absolute Gasteiger partial charge is 0.276 e. The molecule has 12 heteroatoms. The Morgan fingerprint density at radius 1 is 0.256 bits per heavy atom. The van der Waals surface area contributed by atoms with E-state index >= 15 is 0 Å². The third kappa shape index (κ3) is 12.0. The second-order valence-corrected chi connectivity index (χ2v) is 46.5. The minimum absolute atomic E-state index is 0.446. The number of nitrogens with zero attached hydrogens (tertiary/aromatic N) is 8. The van der Waals surface area contributed by atoms with Gasteiger partial charge in [0.2, 0.25) is 17.5 Å². The molecule has 5 heterocycles. The molecule has 0 N–H and O–H groups in total. The van der Waals surface area contributed by atoms with Crippen molar-refractivity contribution in [3.8, 4) is 23.0 Å². The molecule has 0 saturated heterocycles. The Hall–Kier alpha value is -14.8. The summed E-state index contributed by atoms with van der Waals surface area (Å²) in [4.78, 5) is 23.8. The van der Waals surface area contributed by atoms with Crippen LogP contribution in [0.15, 0.2) is 479 Å². The molecule has 0 atom stereocenters. The van der Waals surface area contributed by atoms with Crippen molar-refractivity contribution in [2.24, 2.45) is 0 Å². The lowest BCUT2D eigenvalue weighted by molar-refractivity contribution is 0.930. The predicted octanol–water partition coefficient (Wildman–Crippen LogP) is 14.5. The summed E-state index contributed by atoms with van der Waals surface area (Å²) in [7, 11) is -12.7. The zero-order valence-corrected chi connectivity index (χ0v) is 70.7. The van der Waals surface area contributed by atoms with E-state index in [1.807, 2.05) is 0 Å². The number of allylic oxidation sites excluding steroid dienone is 5. The quantitative estimate of drug-likeness (QED) is 0.0408. The van der Waals surface area contributed by atoms with Gasteiger partial charge in [0.25, 0.3) is 0 Å². The van der Waals surface area contributed by atoms with Gasteiger partial charge in [-0.25, -0.2) is 19.5 Å². The van der Waals surface area contributed by atoms with Gasteiger partial charge >= 0.3 is 0 Å². The Kier molecular flexibility index (Phi) is 18.9. The molecule has 21 rings (SSSR count). The lowest BCUT2D eigenvalue weighted by Crippen LogP contribution is -2.74. The van der Waals surface area contributed by atoms with Gasteiger partial charge in [0.15, 0.2) is 32.3 Å². The molecule has 0 unspecified atom stereocenters. The van der Waals surface area contributed by atoms with Crippen LogP contribution in [0.3, 0.4) is 0 Å². The Labute approximate surface area is 707 Å². The summed E-state index contributed by atoms with van der Waals surface area (Å²) in [5, 5.41) is 19.9. The Bertz CT molecular complexity index is 7110. The van der Waals surface area contributed by atoms with E-state index in [0.29, 0.717) is 23.3 Å². The van der Waals surface area contributed by atoms with Gasteiger partial charge in [-0.1, -0.05) is 424 Å². The first kappa shape index (κ1) is 73.8. The first-order valence-electron chi connectivity index (χ1n) is 41.4. The molecule has 0 aliphatic heterocycles. The third-order valence-corrected chi connectivity index (χ3v) is 43.9. The monoisotopic (exact) mass is 1610 g/mol. The van der Waals surface area contributed by atoms with E-state index in [0.717, 1.165) is 60.6 Å². The lowest BCUT2D eigenvalue weighted by Gasteiger charge is -2.34. The molecular weight excluding hydrogens is 1530 g/mol. The highest BCUT2D eigenvalue weighted by atomic mass is 28.3. The highest BCUT2D eigenvalue weighted by molar-refractivity contribution is 7.21. The molecule has 5 aromatic heterocycles.